The summed E-state index contributed by atoms with van der Waals surface area (Å²) in [5.74, 6) is 0. The molecular formula is C26H36N6O12S2. The van der Waals surface area contributed by atoms with Crippen LogP contribution in [0, 0.1) is 20.2 Å². The van der Waals surface area contributed by atoms with Gasteiger partial charge in [0.15, 0.2) is 0 Å². The van der Waals surface area contributed by atoms with E-state index < -0.39 is 41.3 Å². The van der Waals surface area contributed by atoms with E-state index in [0.29, 0.717) is 0 Å². The molecule has 0 aliphatic carbocycles. The quantitative estimate of drug-likeness (QED) is 0.190. The highest BCUT2D eigenvalue weighted by atomic mass is 32.2. The zero-order chi connectivity index (χ0) is 33.5. The van der Waals surface area contributed by atoms with Crippen molar-refractivity contribution in [1.82, 2.24) is 8.61 Å². The lowest BCUT2D eigenvalue weighted by atomic mass is 10.2. The molecule has 0 N–H and O–H groups in total. The number of sulfonamides is 2. The number of nitro benzene ring substituents is 2. The summed E-state index contributed by atoms with van der Waals surface area (Å²) in [6.45, 7) is 0.961. The van der Waals surface area contributed by atoms with E-state index in [0.717, 1.165) is 12.1 Å². The molecule has 0 saturated carbocycles. The van der Waals surface area contributed by atoms with Crippen LogP contribution in [0.2, 0.25) is 0 Å². The first kappa shape index (κ1) is 35.4. The number of hydrazine groups is 1. The van der Waals surface area contributed by atoms with Gasteiger partial charge in [0.2, 0.25) is 20.0 Å². The first-order valence-electron chi connectivity index (χ1n) is 14.2. The van der Waals surface area contributed by atoms with Gasteiger partial charge in [0.1, 0.15) is 11.4 Å². The molecule has 2 aliphatic rings. The minimum Gasteiger partial charge on any atom is -0.383 e. The molecule has 2 heterocycles. The Morgan fingerprint density at radius 1 is 0.696 bits per heavy atom. The van der Waals surface area contributed by atoms with Crippen molar-refractivity contribution in [3.05, 3.63) is 56.6 Å². The van der Waals surface area contributed by atoms with Crippen molar-refractivity contribution in [1.29, 1.82) is 0 Å². The molecule has 46 heavy (non-hydrogen) atoms. The zero-order valence-electron chi connectivity index (χ0n) is 25.3. The highest BCUT2D eigenvalue weighted by molar-refractivity contribution is 7.89. The van der Waals surface area contributed by atoms with Crippen molar-refractivity contribution < 1.29 is 45.6 Å². The van der Waals surface area contributed by atoms with Gasteiger partial charge in [0.05, 0.1) is 72.4 Å². The summed E-state index contributed by atoms with van der Waals surface area (Å²) in [6, 6.07) is 6.86. The summed E-state index contributed by atoms with van der Waals surface area (Å²) < 4.78 is 76.5. The largest absolute Gasteiger partial charge is 0.383 e. The smallest absolute Gasteiger partial charge is 0.295 e. The van der Waals surface area contributed by atoms with Gasteiger partial charge >= 0.3 is 0 Å². The molecule has 0 atom stereocenters. The molecule has 0 unspecified atom stereocenters. The molecule has 2 aliphatic heterocycles. The SMILES string of the molecule is COCCN(c1ccc(S(=O)(=O)N2CCOCC2)cc1[N+](=O)[O-])N(CCOC)c1ccc(S(=O)(=O)N2CCOCC2)cc1[N+](=O)[O-]. The second-order valence-corrected chi connectivity index (χ2v) is 14.0. The molecule has 0 aromatic heterocycles. The second-order valence-electron chi connectivity index (χ2n) is 10.1. The van der Waals surface area contributed by atoms with Crippen molar-refractivity contribution in [2.45, 2.75) is 9.79 Å². The molecule has 4 rings (SSSR count). The van der Waals surface area contributed by atoms with E-state index in [-0.39, 0.29) is 100 Å². The lowest BCUT2D eigenvalue weighted by molar-refractivity contribution is -0.384. The summed E-state index contributed by atoms with van der Waals surface area (Å²) in [4.78, 5) is 22.7. The number of morpholine rings is 2. The Kier molecular flexibility index (Phi) is 11.8. The summed E-state index contributed by atoms with van der Waals surface area (Å²) >= 11 is 0. The van der Waals surface area contributed by atoms with Crippen molar-refractivity contribution in [3.63, 3.8) is 0 Å². The Hall–Kier alpha value is -3.50. The second kappa shape index (κ2) is 15.4. The Balaban J connectivity index is 1.84. The summed E-state index contributed by atoms with van der Waals surface area (Å²) in [5.41, 5.74) is -1.33. The van der Waals surface area contributed by atoms with E-state index in [4.69, 9.17) is 18.9 Å². The molecule has 0 amide bonds. The van der Waals surface area contributed by atoms with Gasteiger partial charge in [-0.1, -0.05) is 0 Å². The fourth-order valence-electron chi connectivity index (χ4n) is 5.03. The lowest BCUT2D eigenvalue weighted by Gasteiger charge is -2.37. The van der Waals surface area contributed by atoms with Crippen LogP contribution in [0.1, 0.15) is 0 Å². The number of rotatable bonds is 15. The predicted octanol–water partition coefficient (Wildman–Crippen LogP) is 1.07. The average Bonchev–Trinajstić information content (AvgIpc) is 3.06. The van der Waals surface area contributed by atoms with Gasteiger partial charge in [-0.25, -0.2) is 16.8 Å². The van der Waals surface area contributed by atoms with Crippen molar-refractivity contribution in [2.24, 2.45) is 0 Å². The number of hydrogen-bond donors (Lipinski definition) is 0. The van der Waals surface area contributed by atoms with Gasteiger partial charge < -0.3 is 18.9 Å². The number of nitro groups is 2. The van der Waals surface area contributed by atoms with Crippen LogP contribution < -0.4 is 10.0 Å². The summed E-state index contributed by atoms with van der Waals surface area (Å²) in [5, 5.41) is 27.5. The van der Waals surface area contributed by atoms with Crippen LogP contribution in [0.25, 0.3) is 0 Å². The van der Waals surface area contributed by atoms with Crippen LogP contribution >= 0.6 is 0 Å². The van der Waals surface area contributed by atoms with Crippen LogP contribution in [0.5, 0.6) is 0 Å². The third kappa shape index (κ3) is 7.72. The van der Waals surface area contributed by atoms with E-state index in [1.807, 2.05) is 0 Å². The number of methoxy groups -OCH3 is 2. The third-order valence-corrected chi connectivity index (χ3v) is 11.2. The topological polar surface area (TPSA) is 204 Å². The maximum absolute atomic E-state index is 13.3. The normalized spacial score (nSPS) is 16.7. The van der Waals surface area contributed by atoms with Crippen LogP contribution in [0.4, 0.5) is 22.7 Å². The van der Waals surface area contributed by atoms with Gasteiger partial charge in [-0.3, -0.25) is 30.2 Å². The molecule has 2 fully saturated rings. The maximum Gasteiger partial charge on any atom is 0.295 e. The number of ether oxygens (including phenoxy) is 4. The molecule has 2 saturated heterocycles. The van der Waals surface area contributed by atoms with E-state index in [1.54, 1.807) is 0 Å². The minimum atomic E-state index is -4.10. The first-order valence-corrected chi connectivity index (χ1v) is 17.1. The van der Waals surface area contributed by atoms with E-state index in [2.05, 4.69) is 0 Å². The molecule has 0 bridgehead atoms. The highest BCUT2D eigenvalue weighted by Gasteiger charge is 2.34. The number of nitrogens with zero attached hydrogens (tertiary/aromatic N) is 6. The summed E-state index contributed by atoms with van der Waals surface area (Å²) in [6.07, 6.45) is 0. The monoisotopic (exact) mass is 688 g/mol. The molecule has 0 spiro atoms. The van der Waals surface area contributed by atoms with Gasteiger partial charge in [-0.15, -0.1) is 0 Å². The minimum absolute atomic E-state index is 0.00571. The molecule has 18 nitrogen and oxygen atoms in total. The zero-order valence-corrected chi connectivity index (χ0v) is 27.0. The fourth-order valence-corrected chi connectivity index (χ4v) is 7.88. The van der Waals surface area contributed by atoms with Gasteiger partial charge in [-0.2, -0.15) is 8.61 Å². The van der Waals surface area contributed by atoms with Crippen LogP contribution in [-0.4, -0.2) is 128 Å². The molecule has 254 valence electrons. The van der Waals surface area contributed by atoms with Gasteiger partial charge in [0, 0.05) is 52.5 Å². The van der Waals surface area contributed by atoms with Gasteiger partial charge in [-0.05, 0) is 24.3 Å². The van der Waals surface area contributed by atoms with Crippen molar-refractivity contribution in [2.75, 3.05) is 103 Å². The Labute approximate surface area is 266 Å². The Morgan fingerprint density at radius 3 is 1.35 bits per heavy atom. The molecule has 2 aromatic rings. The predicted molar refractivity (Wildman–Crippen MR) is 164 cm³/mol. The van der Waals surface area contributed by atoms with E-state index >= 15 is 0 Å². The Morgan fingerprint density at radius 2 is 1.04 bits per heavy atom. The fraction of sp³-hybridized carbons (Fsp3) is 0.538. The van der Waals surface area contributed by atoms with Crippen molar-refractivity contribution in [3.8, 4) is 0 Å². The highest BCUT2D eigenvalue weighted by Crippen LogP contribution is 2.38. The lowest BCUT2D eigenvalue weighted by Crippen LogP contribution is -2.47. The van der Waals surface area contributed by atoms with Crippen LogP contribution in [-0.2, 0) is 39.0 Å². The van der Waals surface area contributed by atoms with E-state index in [9.17, 15) is 37.1 Å². The van der Waals surface area contributed by atoms with Gasteiger partial charge in [0.25, 0.3) is 11.4 Å². The molecule has 0 radical (unpaired) electrons. The van der Waals surface area contributed by atoms with Crippen molar-refractivity contribution >= 4 is 42.8 Å². The van der Waals surface area contributed by atoms with E-state index in [1.165, 1.54) is 57.1 Å². The number of anilines is 2. The third-order valence-electron chi connectivity index (χ3n) is 7.36. The average molecular weight is 689 g/mol. The maximum atomic E-state index is 13.3. The number of benzene rings is 2. The molecule has 20 heteroatoms. The molecule has 2 aromatic carbocycles. The van der Waals surface area contributed by atoms with Crippen LogP contribution in [0.15, 0.2) is 46.2 Å². The first-order chi connectivity index (χ1) is 21.9. The van der Waals surface area contributed by atoms with Crippen LogP contribution in [0.3, 0.4) is 0 Å². The number of hydrogen-bond acceptors (Lipinski definition) is 14. The Bertz CT molecular complexity index is 1490. The summed E-state index contributed by atoms with van der Waals surface area (Å²) in [7, 11) is -5.39. The molecular weight excluding hydrogens is 652 g/mol. The standard InChI is InChI=1S/C26H36N6O12S2/c1-41-13-11-29(23-5-3-21(19-25(23)31(33)34)45(37,38)27-7-15-43-16-8-27)30(12-14-42-2)24-6-4-22(20-26(24)32(35)36)46(39,40)28-9-17-44-18-10-28/h3-6,19-20H,7-18H2,1-2H3.